The second-order valence-corrected chi connectivity index (χ2v) is 9.29. The van der Waals surface area contributed by atoms with E-state index in [4.69, 9.17) is 0 Å². The van der Waals surface area contributed by atoms with Crippen LogP contribution in [0.5, 0.6) is 0 Å². The van der Waals surface area contributed by atoms with Gasteiger partial charge in [-0.3, -0.25) is 0 Å². The van der Waals surface area contributed by atoms with E-state index in [1.807, 2.05) is 6.92 Å². The number of rotatable bonds is 5. The monoisotopic (exact) mass is 480 g/mol. The molecule has 5 rings (SSSR count). The van der Waals surface area contributed by atoms with E-state index in [1.165, 1.54) is 16.9 Å². The van der Waals surface area contributed by atoms with E-state index in [0.717, 1.165) is 60.6 Å². The molecule has 2 aromatic heterocycles. The molecule has 2 aliphatic rings. The van der Waals surface area contributed by atoms with Gasteiger partial charge in [0, 0.05) is 31.6 Å². The van der Waals surface area contributed by atoms with Crippen molar-refractivity contribution in [3.8, 4) is 0 Å². The summed E-state index contributed by atoms with van der Waals surface area (Å²) in [5.74, 6) is 0.581. The van der Waals surface area contributed by atoms with Crippen LogP contribution < -0.4 is 10.2 Å². The molecule has 0 aliphatic carbocycles. The number of hydrogen-bond donors (Lipinski definition) is 2. The maximum Gasteiger partial charge on any atom is 0.346 e. The summed E-state index contributed by atoms with van der Waals surface area (Å²) in [6.07, 6.45) is 3.79. The number of hydrogen-bond acceptors (Lipinski definition) is 6. The van der Waals surface area contributed by atoms with Gasteiger partial charge in [0.05, 0.1) is 5.39 Å². The maximum absolute atomic E-state index is 11.6. The van der Waals surface area contributed by atoms with E-state index in [2.05, 4.69) is 50.5 Å². The molecule has 31 heavy (non-hydrogen) atoms. The second-order valence-electron chi connectivity index (χ2n) is 8.30. The third kappa shape index (κ3) is 4.12. The lowest BCUT2D eigenvalue weighted by molar-refractivity contribution is 0.0701. The summed E-state index contributed by atoms with van der Waals surface area (Å²) in [6, 6.07) is 10.7. The molecule has 9 heteroatoms. The summed E-state index contributed by atoms with van der Waals surface area (Å²) in [4.78, 5) is 24.0. The van der Waals surface area contributed by atoms with Crippen molar-refractivity contribution >= 4 is 58.2 Å². The molecule has 2 saturated heterocycles. The van der Waals surface area contributed by atoms with Crippen molar-refractivity contribution in [2.45, 2.75) is 19.8 Å². The summed E-state index contributed by atoms with van der Waals surface area (Å²) in [7, 11) is 0. The van der Waals surface area contributed by atoms with Gasteiger partial charge >= 0.3 is 5.97 Å². The fraction of sp³-hybridized carbons (Fsp3) is 0.409. The summed E-state index contributed by atoms with van der Waals surface area (Å²) >= 11 is 1.24. The number of aryl methyl sites for hydroxylation is 2. The predicted octanol–water partition coefficient (Wildman–Crippen LogP) is 4.20. The zero-order valence-corrected chi connectivity index (χ0v) is 19.7. The van der Waals surface area contributed by atoms with Gasteiger partial charge in [0.1, 0.15) is 21.9 Å². The van der Waals surface area contributed by atoms with Gasteiger partial charge in [-0.25, -0.2) is 14.8 Å². The van der Waals surface area contributed by atoms with Crippen LogP contribution in [0.2, 0.25) is 0 Å². The summed E-state index contributed by atoms with van der Waals surface area (Å²) in [6.45, 7) is 5.83. The fourth-order valence-corrected chi connectivity index (χ4v) is 6.06. The Kier molecular flexibility index (Phi) is 7.11. The van der Waals surface area contributed by atoms with Crippen LogP contribution in [-0.4, -0.2) is 47.2 Å². The number of thiophene rings is 1. The summed E-state index contributed by atoms with van der Waals surface area (Å²) in [5, 5.41) is 14.0. The number of carboxylic acids is 1. The molecule has 0 spiro atoms. The molecule has 2 fully saturated rings. The molecular formula is C22H26Cl2N4O2S. The summed E-state index contributed by atoms with van der Waals surface area (Å²) in [5.41, 5.74) is 2.39. The SMILES string of the molecule is Cc1c(C(=O)O)sc2ncnc(N3CC4CNCC4(CCc4ccccc4)C3)c12.Cl.Cl. The number of halogens is 2. The molecule has 2 aliphatic heterocycles. The molecule has 3 aromatic rings. The Balaban J connectivity index is 0.00000136. The molecule has 2 atom stereocenters. The predicted molar refractivity (Wildman–Crippen MR) is 129 cm³/mol. The molecule has 0 saturated carbocycles. The van der Waals surface area contributed by atoms with Crippen molar-refractivity contribution in [1.29, 1.82) is 0 Å². The zero-order chi connectivity index (χ0) is 20.0. The molecule has 6 nitrogen and oxygen atoms in total. The summed E-state index contributed by atoms with van der Waals surface area (Å²) < 4.78 is 0. The van der Waals surface area contributed by atoms with Gasteiger partial charge in [0.2, 0.25) is 0 Å². The van der Waals surface area contributed by atoms with E-state index < -0.39 is 5.97 Å². The minimum absolute atomic E-state index is 0. The molecule has 4 heterocycles. The minimum Gasteiger partial charge on any atom is -0.477 e. The van der Waals surface area contributed by atoms with E-state index >= 15 is 0 Å². The van der Waals surface area contributed by atoms with Crippen molar-refractivity contribution < 1.29 is 9.90 Å². The lowest BCUT2D eigenvalue weighted by Crippen LogP contribution is -2.33. The van der Waals surface area contributed by atoms with Crippen LogP contribution in [-0.2, 0) is 6.42 Å². The highest BCUT2D eigenvalue weighted by Gasteiger charge is 2.49. The van der Waals surface area contributed by atoms with Crippen molar-refractivity contribution in [3.63, 3.8) is 0 Å². The first-order valence-electron chi connectivity index (χ1n) is 10.0. The van der Waals surface area contributed by atoms with E-state index in [9.17, 15) is 9.90 Å². The van der Waals surface area contributed by atoms with Crippen LogP contribution in [0, 0.1) is 18.3 Å². The standard InChI is InChI=1S/C22H24N4O2S.2ClH/c1-14-17-19(24-13-25-20(17)29-18(14)21(27)28)26-10-16-9-23-11-22(16,12-26)8-7-15-5-3-2-4-6-15;;/h2-6,13,16,23H,7-12H2,1H3,(H,27,28);2*1H. The highest BCUT2D eigenvalue weighted by Crippen LogP contribution is 2.45. The third-order valence-electron chi connectivity index (χ3n) is 6.64. The number of benzene rings is 1. The molecule has 166 valence electrons. The van der Waals surface area contributed by atoms with Crippen LogP contribution >= 0.6 is 36.2 Å². The number of aromatic carboxylic acids is 1. The smallest absolute Gasteiger partial charge is 0.346 e. The Morgan fingerprint density at radius 1 is 1.29 bits per heavy atom. The quantitative estimate of drug-likeness (QED) is 0.569. The Labute approximate surface area is 197 Å². The normalized spacial score (nSPS) is 22.1. The molecular weight excluding hydrogens is 455 g/mol. The highest BCUT2D eigenvalue weighted by atomic mass is 35.5. The van der Waals surface area contributed by atoms with Gasteiger partial charge in [-0.1, -0.05) is 30.3 Å². The van der Waals surface area contributed by atoms with E-state index in [1.54, 1.807) is 6.33 Å². The average Bonchev–Trinajstić information content (AvgIpc) is 3.38. The molecule has 0 bridgehead atoms. The largest absolute Gasteiger partial charge is 0.477 e. The van der Waals surface area contributed by atoms with Gasteiger partial charge in [-0.05, 0) is 36.8 Å². The first kappa shape index (κ1) is 23.7. The van der Waals surface area contributed by atoms with Crippen LogP contribution in [0.1, 0.15) is 27.2 Å². The Bertz CT molecular complexity index is 1080. The molecule has 1 aromatic carbocycles. The fourth-order valence-electron chi connectivity index (χ4n) is 5.08. The first-order valence-corrected chi connectivity index (χ1v) is 10.9. The molecule has 0 radical (unpaired) electrons. The van der Waals surface area contributed by atoms with Crippen LogP contribution in [0.25, 0.3) is 10.2 Å². The number of nitrogens with zero attached hydrogens (tertiary/aromatic N) is 3. The molecule has 2 unspecified atom stereocenters. The topological polar surface area (TPSA) is 78.3 Å². The van der Waals surface area contributed by atoms with E-state index in [0.29, 0.717) is 10.8 Å². The Morgan fingerprint density at radius 2 is 2.06 bits per heavy atom. The zero-order valence-electron chi connectivity index (χ0n) is 17.2. The Morgan fingerprint density at radius 3 is 2.81 bits per heavy atom. The van der Waals surface area contributed by atoms with Gasteiger partial charge in [-0.15, -0.1) is 36.2 Å². The van der Waals surface area contributed by atoms with Crippen LogP contribution in [0.3, 0.4) is 0 Å². The molecule has 2 N–H and O–H groups in total. The van der Waals surface area contributed by atoms with Gasteiger partial charge in [-0.2, -0.15) is 0 Å². The third-order valence-corrected chi connectivity index (χ3v) is 7.82. The minimum atomic E-state index is -0.890. The van der Waals surface area contributed by atoms with Gasteiger partial charge in [0.15, 0.2) is 0 Å². The van der Waals surface area contributed by atoms with Crippen molar-refractivity contribution in [3.05, 3.63) is 52.7 Å². The van der Waals surface area contributed by atoms with E-state index in [-0.39, 0.29) is 30.2 Å². The average molecular weight is 481 g/mol. The maximum atomic E-state index is 11.6. The van der Waals surface area contributed by atoms with Gasteiger partial charge < -0.3 is 15.3 Å². The lowest BCUT2D eigenvalue weighted by atomic mass is 9.76. The highest BCUT2D eigenvalue weighted by molar-refractivity contribution is 7.20. The number of carboxylic acid groups (broad SMARTS) is 1. The van der Waals surface area contributed by atoms with Crippen LogP contribution in [0.4, 0.5) is 5.82 Å². The number of aromatic nitrogens is 2. The first-order chi connectivity index (χ1) is 14.1. The van der Waals surface area contributed by atoms with Crippen LogP contribution in [0.15, 0.2) is 36.7 Å². The lowest BCUT2D eigenvalue weighted by Gasteiger charge is -2.28. The number of nitrogens with one attached hydrogen (secondary N) is 1. The van der Waals surface area contributed by atoms with Gasteiger partial charge in [0.25, 0.3) is 0 Å². The van der Waals surface area contributed by atoms with Crippen molar-refractivity contribution in [2.75, 3.05) is 31.1 Å². The number of carbonyl (C=O) groups is 1. The molecule has 0 amide bonds. The number of anilines is 1. The van der Waals surface area contributed by atoms with Crippen molar-refractivity contribution in [2.24, 2.45) is 11.3 Å². The second kappa shape index (κ2) is 9.28. The van der Waals surface area contributed by atoms with Crippen molar-refractivity contribution in [1.82, 2.24) is 15.3 Å². The number of fused-ring (bicyclic) bond motifs is 2. The Hall–Kier alpha value is -1.93.